The molecular weight excluding hydrogens is 214 g/mol. The van der Waals surface area contributed by atoms with Gasteiger partial charge in [0.1, 0.15) is 0 Å². The summed E-state index contributed by atoms with van der Waals surface area (Å²) in [5, 5.41) is 10.6. The third-order valence-corrected chi connectivity index (χ3v) is 3.36. The summed E-state index contributed by atoms with van der Waals surface area (Å²) in [6, 6.07) is 15.2. The monoisotopic (exact) mass is 225 g/mol. The van der Waals surface area contributed by atoms with Crippen LogP contribution >= 0.6 is 0 Å². The summed E-state index contributed by atoms with van der Waals surface area (Å²) >= 11 is 0. The Morgan fingerprint density at radius 2 is 1.76 bits per heavy atom. The Morgan fingerprint density at radius 1 is 1.06 bits per heavy atom. The van der Waals surface area contributed by atoms with Crippen LogP contribution in [0.4, 0.5) is 5.69 Å². The molecule has 0 aliphatic heterocycles. The fourth-order valence-corrected chi connectivity index (χ4v) is 2.38. The highest BCUT2D eigenvalue weighted by atomic mass is 16.6. The number of hydrogen-bond acceptors (Lipinski definition) is 2. The molecule has 0 bridgehead atoms. The van der Waals surface area contributed by atoms with E-state index < -0.39 is 0 Å². The van der Waals surface area contributed by atoms with E-state index >= 15 is 0 Å². The van der Waals surface area contributed by atoms with Gasteiger partial charge in [0, 0.05) is 18.1 Å². The third-order valence-electron chi connectivity index (χ3n) is 3.36. The average Bonchev–Trinajstić information content (AvgIpc) is 2.31. The molecule has 2 aromatic carbocycles. The molecule has 0 N–H and O–H groups in total. The van der Waals surface area contributed by atoms with E-state index in [4.69, 9.17) is 0 Å². The Labute approximate surface area is 98.9 Å². The Balaban J connectivity index is 1.90. The zero-order valence-corrected chi connectivity index (χ0v) is 9.17. The number of nitro groups is 1. The Bertz CT molecular complexity index is 575. The molecule has 3 heteroatoms. The Hall–Kier alpha value is -2.16. The van der Waals surface area contributed by atoms with E-state index in [-0.39, 0.29) is 10.6 Å². The van der Waals surface area contributed by atoms with Crippen molar-refractivity contribution in [3.8, 4) is 0 Å². The summed E-state index contributed by atoms with van der Waals surface area (Å²) in [5.41, 5.74) is 4.05. The fraction of sp³-hybridized carbons (Fsp3) is 0.143. The van der Waals surface area contributed by atoms with Crippen molar-refractivity contribution in [1.82, 2.24) is 0 Å². The van der Waals surface area contributed by atoms with Crippen molar-refractivity contribution in [1.29, 1.82) is 0 Å². The van der Waals surface area contributed by atoms with Crippen molar-refractivity contribution in [2.24, 2.45) is 0 Å². The van der Waals surface area contributed by atoms with E-state index in [9.17, 15) is 10.1 Å². The highest BCUT2D eigenvalue weighted by Gasteiger charge is 2.26. The first kappa shape index (κ1) is 10.0. The van der Waals surface area contributed by atoms with Crippen LogP contribution in [0.1, 0.15) is 22.6 Å². The van der Waals surface area contributed by atoms with Gasteiger partial charge in [-0.05, 0) is 23.1 Å². The molecule has 1 aliphatic carbocycles. The van der Waals surface area contributed by atoms with Crippen molar-refractivity contribution >= 4 is 5.69 Å². The fourth-order valence-electron chi connectivity index (χ4n) is 2.38. The second kappa shape index (κ2) is 3.70. The quantitative estimate of drug-likeness (QED) is 0.581. The third kappa shape index (κ3) is 1.60. The zero-order valence-electron chi connectivity index (χ0n) is 9.17. The molecule has 3 rings (SSSR count). The van der Waals surface area contributed by atoms with Gasteiger partial charge in [0.05, 0.1) is 4.92 Å². The van der Waals surface area contributed by atoms with Crippen molar-refractivity contribution in [3.63, 3.8) is 0 Å². The molecule has 3 nitrogen and oxygen atoms in total. The van der Waals surface area contributed by atoms with Gasteiger partial charge in [0.15, 0.2) is 0 Å². The number of fused-ring (bicyclic) bond motifs is 1. The van der Waals surface area contributed by atoms with Gasteiger partial charge in [-0.25, -0.2) is 0 Å². The van der Waals surface area contributed by atoms with Gasteiger partial charge < -0.3 is 0 Å². The highest BCUT2D eigenvalue weighted by molar-refractivity contribution is 5.48. The topological polar surface area (TPSA) is 43.1 Å². The first-order valence-corrected chi connectivity index (χ1v) is 5.58. The molecular formula is C14H11NO2. The molecule has 1 aliphatic rings. The van der Waals surface area contributed by atoms with Crippen LogP contribution in [0.5, 0.6) is 0 Å². The lowest BCUT2D eigenvalue weighted by molar-refractivity contribution is -0.384. The maximum Gasteiger partial charge on any atom is 0.269 e. The number of nitro benzene ring substituents is 1. The van der Waals surface area contributed by atoms with Crippen molar-refractivity contribution in [2.75, 3.05) is 0 Å². The van der Waals surface area contributed by atoms with E-state index in [1.165, 1.54) is 11.1 Å². The summed E-state index contributed by atoms with van der Waals surface area (Å²) in [5.74, 6) is 0.409. The number of non-ortho nitro benzene ring substituents is 1. The van der Waals surface area contributed by atoms with Gasteiger partial charge in [-0.1, -0.05) is 36.4 Å². The van der Waals surface area contributed by atoms with E-state index in [1.807, 2.05) is 24.3 Å². The molecule has 0 heterocycles. The van der Waals surface area contributed by atoms with Crippen LogP contribution in [0.25, 0.3) is 0 Å². The minimum absolute atomic E-state index is 0.154. The van der Waals surface area contributed by atoms with Gasteiger partial charge >= 0.3 is 0 Å². The molecule has 1 unspecified atom stereocenters. The van der Waals surface area contributed by atoms with Crippen LogP contribution in [0.3, 0.4) is 0 Å². The maximum atomic E-state index is 10.6. The summed E-state index contributed by atoms with van der Waals surface area (Å²) in [7, 11) is 0. The Morgan fingerprint density at radius 3 is 2.41 bits per heavy atom. The van der Waals surface area contributed by atoms with Crippen LogP contribution in [0, 0.1) is 10.1 Å². The molecule has 17 heavy (non-hydrogen) atoms. The molecule has 0 saturated heterocycles. The van der Waals surface area contributed by atoms with Crippen molar-refractivity contribution < 1.29 is 4.92 Å². The number of rotatable bonds is 2. The summed E-state index contributed by atoms with van der Waals surface area (Å²) in [6.45, 7) is 0. The molecule has 0 amide bonds. The predicted molar refractivity (Wildman–Crippen MR) is 65.1 cm³/mol. The van der Waals surface area contributed by atoms with Crippen LogP contribution in [-0.4, -0.2) is 4.92 Å². The van der Waals surface area contributed by atoms with Crippen LogP contribution < -0.4 is 0 Å². The van der Waals surface area contributed by atoms with Crippen molar-refractivity contribution in [2.45, 2.75) is 12.3 Å². The van der Waals surface area contributed by atoms with Gasteiger partial charge in [0.25, 0.3) is 5.69 Å². The molecule has 0 spiro atoms. The zero-order chi connectivity index (χ0) is 11.8. The minimum Gasteiger partial charge on any atom is -0.258 e. The summed E-state index contributed by atoms with van der Waals surface area (Å²) in [4.78, 5) is 10.2. The number of nitrogens with zero attached hydrogens (tertiary/aromatic N) is 1. The Kier molecular flexibility index (Phi) is 2.18. The molecule has 0 saturated carbocycles. The van der Waals surface area contributed by atoms with E-state index in [2.05, 4.69) is 12.1 Å². The molecule has 0 fully saturated rings. The summed E-state index contributed by atoms with van der Waals surface area (Å²) in [6.07, 6.45) is 1.04. The average molecular weight is 225 g/mol. The maximum absolute atomic E-state index is 10.6. The van der Waals surface area contributed by atoms with Crippen LogP contribution in [0.15, 0.2) is 48.5 Å². The number of hydrogen-bond donors (Lipinski definition) is 0. The lowest BCUT2D eigenvalue weighted by Gasteiger charge is -2.30. The van der Waals surface area contributed by atoms with E-state index in [0.717, 1.165) is 12.0 Å². The minimum atomic E-state index is -0.363. The molecule has 0 aromatic heterocycles. The van der Waals surface area contributed by atoms with Gasteiger partial charge in [-0.15, -0.1) is 0 Å². The lowest BCUT2D eigenvalue weighted by atomic mass is 9.74. The molecule has 84 valence electrons. The van der Waals surface area contributed by atoms with E-state index in [1.54, 1.807) is 12.1 Å². The molecule has 2 aromatic rings. The standard InChI is InChI=1S/C14H11NO2/c16-15(17)12-7-5-10(6-8-12)14-9-11-3-1-2-4-13(11)14/h1-8,14H,9H2. The molecule has 1 atom stereocenters. The second-order valence-electron chi connectivity index (χ2n) is 4.30. The second-order valence-corrected chi connectivity index (χ2v) is 4.30. The molecule has 0 radical (unpaired) electrons. The van der Waals surface area contributed by atoms with Crippen LogP contribution in [0.2, 0.25) is 0 Å². The number of benzene rings is 2. The first-order valence-electron chi connectivity index (χ1n) is 5.58. The van der Waals surface area contributed by atoms with Gasteiger partial charge in [-0.3, -0.25) is 10.1 Å². The van der Waals surface area contributed by atoms with Gasteiger partial charge in [0.2, 0.25) is 0 Å². The van der Waals surface area contributed by atoms with Crippen molar-refractivity contribution in [3.05, 3.63) is 75.3 Å². The van der Waals surface area contributed by atoms with Gasteiger partial charge in [-0.2, -0.15) is 0 Å². The van der Waals surface area contributed by atoms with Crippen LogP contribution in [-0.2, 0) is 6.42 Å². The predicted octanol–water partition coefficient (Wildman–Crippen LogP) is 3.28. The largest absolute Gasteiger partial charge is 0.269 e. The SMILES string of the molecule is O=[N+]([O-])c1ccc(C2Cc3ccccc32)cc1. The normalized spacial score (nSPS) is 17.1. The first-order chi connectivity index (χ1) is 8.25. The van der Waals surface area contributed by atoms with E-state index in [0.29, 0.717) is 5.92 Å². The summed E-state index contributed by atoms with van der Waals surface area (Å²) < 4.78 is 0. The lowest BCUT2D eigenvalue weighted by Crippen LogP contribution is -2.17. The highest BCUT2D eigenvalue weighted by Crippen LogP contribution is 2.40. The smallest absolute Gasteiger partial charge is 0.258 e.